The van der Waals surface area contributed by atoms with Crippen molar-refractivity contribution in [2.24, 2.45) is 0 Å². The number of hydrogen-bond acceptors (Lipinski definition) is 3. The first-order chi connectivity index (χ1) is 8.66. The van der Waals surface area contributed by atoms with Crippen LogP contribution in [0.5, 0.6) is 0 Å². The van der Waals surface area contributed by atoms with Crippen molar-refractivity contribution in [3.8, 4) is 0 Å². The van der Waals surface area contributed by atoms with E-state index in [9.17, 15) is 5.11 Å². The molecular weight excluding hydrogens is 380 g/mol. The molecule has 0 saturated carbocycles. The minimum absolute atomic E-state index is 0.552. The van der Waals surface area contributed by atoms with Gasteiger partial charge in [0.25, 0.3) is 0 Å². The highest BCUT2D eigenvalue weighted by atomic mass is 79.9. The summed E-state index contributed by atoms with van der Waals surface area (Å²) in [5.41, 5.74) is 1.59. The monoisotopic (exact) mass is 386 g/mol. The fourth-order valence-corrected chi connectivity index (χ4v) is 3.82. The van der Waals surface area contributed by atoms with Crippen LogP contribution >= 0.6 is 43.2 Å². The third kappa shape index (κ3) is 2.05. The number of para-hydroxylation sites is 1. The van der Waals surface area contributed by atoms with Crippen molar-refractivity contribution in [2.45, 2.75) is 6.10 Å². The lowest BCUT2D eigenvalue weighted by molar-refractivity contribution is 0.192. The number of aliphatic hydroxyl groups excluding tert-OH is 1. The second-order valence-electron chi connectivity index (χ2n) is 3.88. The number of rotatable bonds is 2. The van der Waals surface area contributed by atoms with Gasteiger partial charge in [0.15, 0.2) is 0 Å². The van der Waals surface area contributed by atoms with Crippen molar-refractivity contribution in [1.29, 1.82) is 0 Å². The molecule has 0 aliphatic carbocycles. The molecule has 5 heteroatoms. The van der Waals surface area contributed by atoms with Crippen LogP contribution in [0.25, 0.3) is 11.0 Å². The number of hydrogen-bond donors (Lipinski definition) is 1. The topological polar surface area (TPSA) is 33.4 Å². The van der Waals surface area contributed by atoms with E-state index in [2.05, 4.69) is 31.9 Å². The molecule has 2 nitrogen and oxygen atoms in total. The molecule has 0 amide bonds. The van der Waals surface area contributed by atoms with Crippen LogP contribution in [0.3, 0.4) is 0 Å². The van der Waals surface area contributed by atoms with E-state index in [0.717, 1.165) is 25.5 Å². The van der Waals surface area contributed by atoms with Crippen LogP contribution in [0.15, 0.2) is 48.4 Å². The molecule has 2 aromatic heterocycles. The number of aliphatic hydroxyl groups is 1. The summed E-state index contributed by atoms with van der Waals surface area (Å²) in [4.78, 5) is 0. The molecule has 3 aromatic rings. The Hall–Kier alpha value is -0.620. The minimum Gasteiger partial charge on any atom is -0.457 e. The molecule has 0 saturated heterocycles. The molecule has 2 heterocycles. The van der Waals surface area contributed by atoms with Gasteiger partial charge in [-0.1, -0.05) is 12.1 Å². The van der Waals surface area contributed by atoms with Gasteiger partial charge in [0, 0.05) is 20.8 Å². The number of benzene rings is 1. The smallest absolute Gasteiger partial charge is 0.148 e. The van der Waals surface area contributed by atoms with Crippen molar-refractivity contribution < 1.29 is 9.52 Å². The summed E-state index contributed by atoms with van der Waals surface area (Å²) in [5, 5.41) is 15.2. The third-order valence-corrected chi connectivity index (χ3v) is 5.10. The normalized spacial score (nSPS) is 13.1. The van der Waals surface area contributed by atoms with Gasteiger partial charge in [-0.3, -0.25) is 0 Å². The standard InChI is InChI=1S/C13H8Br2O2S/c14-9-3-1-2-7-4-11(17-13(7)9)12(16)8-5-18-6-10(8)15/h1-6,12,16H. The molecule has 18 heavy (non-hydrogen) atoms. The maximum atomic E-state index is 10.3. The Morgan fingerprint density at radius 3 is 2.67 bits per heavy atom. The first-order valence-electron chi connectivity index (χ1n) is 5.24. The fraction of sp³-hybridized carbons (Fsp3) is 0.0769. The molecule has 0 fully saturated rings. The number of furan rings is 1. The van der Waals surface area contributed by atoms with Crippen molar-refractivity contribution in [2.75, 3.05) is 0 Å². The fourth-order valence-electron chi connectivity index (χ4n) is 1.82. The average Bonchev–Trinajstić information content (AvgIpc) is 2.95. The van der Waals surface area contributed by atoms with E-state index in [-0.39, 0.29) is 0 Å². The summed E-state index contributed by atoms with van der Waals surface area (Å²) >= 11 is 8.40. The number of thiophene rings is 1. The predicted molar refractivity (Wildman–Crippen MR) is 80.0 cm³/mol. The lowest BCUT2D eigenvalue weighted by Crippen LogP contribution is -1.96. The summed E-state index contributed by atoms with van der Waals surface area (Å²) in [6.07, 6.45) is -0.745. The van der Waals surface area contributed by atoms with Crippen molar-refractivity contribution in [1.82, 2.24) is 0 Å². The molecule has 0 aliphatic rings. The molecule has 0 radical (unpaired) electrons. The van der Waals surface area contributed by atoms with Crippen LogP contribution in [-0.4, -0.2) is 5.11 Å². The second-order valence-corrected chi connectivity index (χ2v) is 6.34. The van der Waals surface area contributed by atoms with Crippen molar-refractivity contribution in [3.63, 3.8) is 0 Å². The highest BCUT2D eigenvalue weighted by molar-refractivity contribution is 9.11. The molecule has 1 aromatic carbocycles. The molecule has 1 N–H and O–H groups in total. The lowest BCUT2D eigenvalue weighted by Gasteiger charge is -2.05. The Labute approximate surface area is 124 Å². The second kappa shape index (κ2) is 4.81. The summed E-state index contributed by atoms with van der Waals surface area (Å²) in [5.74, 6) is 0.552. The van der Waals surface area contributed by atoms with Gasteiger partial charge in [-0.25, -0.2) is 0 Å². The summed E-state index contributed by atoms with van der Waals surface area (Å²) in [6.45, 7) is 0. The molecule has 0 bridgehead atoms. The maximum absolute atomic E-state index is 10.3. The van der Waals surface area contributed by atoms with Gasteiger partial charge in [-0.05, 0) is 49.4 Å². The summed E-state index contributed by atoms with van der Waals surface area (Å²) < 4.78 is 7.52. The number of halogens is 2. The van der Waals surface area contributed by atoms with E-state index >= 15 is 0 Å². The molecule has 3 rings (SSSR count). The molecule has 0 aliphatic heterocycles. The Kier molecular flexibility index (Phi) is 3.32. The van der Waals surface area contributed by atoms with E-state index < -0.39 is 6.10 Å². The van der Waals surface area contributed by atoms with Crippen LogP contribution in [-0.2, 0) is 0 Å². The zero-order valence-corrected chi connectivity index (χ0v) is 13.0. The van der Waals surface area contributed by atoms with E-state index in [1.165, 1.54) is 0 Å². The van der Waals surface area contributed by atoms with E-state index in [1.807, 2.05) is 35.0 Å². The van der Waals surface area contributed by atoms with Crippen LogP contribution in [0.4, 0.5) is 0 Å². The Balaban J connectivity index is 2.10. The maximum Gasteiger partial charge on any atom is 0.148 e. The summed E-state index contributed by atoms with van der Waals surface area (Å²) in [7, 11) is 0. The lowest BCUT2D eigenvalue weighted by atomic mass is 10.1. The van der Waals surface area contributed by atoms with E-state index in [0.29, 0.717) is 5.76 Å². The minimum atomic E-state index is -0.745. The van der Waals surface area contributed by atoms with E-state index in [1.54, 1.807) is 11.3 Å². The van der Waals surface area contributed by atoms with Gasteiger partial charge in [-0.2, -0.15) is 11.3 Å². The van der Waals surface area contributed by atoms with Crippen molar-refractivity contribution in [3.05, 3.63) is 55.3 Å². The predicted octanol–water partition coefficient (Wildman–Crippen LogP) is 5.10. The Morgan fingerprint density at radius 1 is 1.17 bits per heavy atom. The quantitative estimate of drug-likeness (QED) is 0.663. The molecule has 0 spiro atoms. The Morgan fingerprint density at radius 2 is 2.00 bits per heavy atom. The zero-order valence-electron chi connectivity index (χ0n) is 9.06. The molecule has 92 valence electrons. The zero-order chi connectivity index (χ0) is 12.7. The van der Waals surface area contributed by atoms with Gasteiger partial charge in [0.2, 0.25) is 0 Å². The first-order valence-corrected chi connectivity index (χ1v) is 7.77. The third-order valence-electron chi connectivity index (χ3n) is 2.72. The molecule has 1 unspecified atom stereocenters. The van der Waals surface area contributed by atoms with Gasteiger partial charge in [0.05, 0.1) is 4.47 Å². The van der Waals surface area contributed by atoms with Crippen LogP contribution in [0.1, 0.15) is 17.4 Å². The molecular formula is C13H8Br2O2S. The molecule has 1 atom stereocenters. The van der Waals surface area contributed by atoms with Crippen molar-refractivity contribution >= 4 is 54.2 Å². The van der Waals surface area contributed by atoms with Gasteiger partial charge >= 0.3 is 0 Å². The first kappa shape index (κ1) is 12.4. The highest BCUT2D eigenvalue weighted by Gasteiger charge is 2.19. The van der Waals surface area contributed by atoms with Gasteiger partial charge in [0.1, 0.15) is 17.4 Å². The highest BCUT2D eigenvalue weighted by Crippen LogP contribution is 2.35. The van der Waals surface area contributed by atoms with Crippen LogP contribution < -0.4 is 0 Å². The van der Waals surface area contributed by atoms with Crippen LogP contribution in [0.2, 0.25) is 0 Å². The van der Waals surface area contributed by atoms with E-state index in [4.69, 9.17) is 4.42 Å². The average molecular weight is 388 g/mol. The van der Waals surface area contributed by atoms with Crippen LogP contribution in [0, 0.1) is 0 Å². The van der Waals surface area contributed by atoms with Gasteiger partial charge in [-0.15, -0.1) is 0 Å². The Bertz CT molecular complexity index is 702. The van der Waals surface area contributed by atoms with Gasteiger partial charge < -0.3 is 9.52 Å². The SMILES string of the molecule is OC(c1cc2cccc(Br)c2o1)c1cscc1Br. The number of fused-ring (bicyclic) bond motifs is 1. The largest absolute Gasteiger partial charge is 0.457 e. The summed E-state index contributed by atoms with van der Waals surface area (Å²) in [6, 6.07) is 7.69.